The smallest absolute Gasteiger partial charge is 0.193 e. The number of hydrogen-bond acceptors (Lipinski definition) is 2. The Labute approximate surface area is 136 Å². The van der Waals surface area contributed by atoms with E-state index in [0.717, 1.165) is 31.5 Å². The lowest BCUT2D eigenvalue weighted by Gasteiger charge is -2.32. The Morgan fingerprint density at radius 1 is 1.13 bits per heavy atom. The van der Waals surface area contributed by atoms with Crippen LogP contribution in [-0.2, 0) is 0 Å². The molecule has 0 radical (unpaired) electrons. The van der Waals surface area contributed by atoms with Gasteiger partial charge in [0.2, 0.25) is 0 Å². The van der Waals surface area contributed by atoms with Gasteiger partial charge in [-0.15, -0.1) is 0 Å². The minimum Gasteiger partial charge on any atom is -0.369 e. The summed E-state index contributed by atoms with van der Waals surface area (Å²) in [6.45, 7) is 5.87. The number of carbonyl (C=O) groups is 1. The van der Waals surface area contributed by atoms with Crippen molar-refractivity contribution in [3.05, 3.63) is 65.0 Å². The normalized spacial score (nSPS) is 15.7. The number of benzene rings is 2. The van der Waals surface area contributed by atoms with Gasteiger partial charge in [-0.05, 0) is 43.4 Å². The summed E-state index contributed by atoms with van der Waals surface area (Å²) in [5.41, 5.74) is 2.49. The average Bonchev–Trinajstić information content (AvgIpc) is 2.57. The average molecular weight is 311 g/mol. The van der Waals surface area contributed by atoms with Gasteiger partial charge in [0.1, 0.15) is 5.82 Å². The minimum absolute atomic E-state index is 0.124. The predicted molar refractivity (Wildman–Crippen MR) is 91.6 cm³/mol. The number of rotatable bonds is 3. The van der Waals surface area contributed by atoms with Gasteiger partial charge >= 0.3 is 0 Å². The van der Waals surface area contributed by atoms with Gasteiger partial charge in [0.15, 0.2) is 5.78 Å². The maximum absolute atomic E-state index is 14.6. The van der Waals surface area contributed by atoms with Gasteiger partial charge in [-0.3, -0.25) is 4.79 Å². The quantitative estimate of drug-likeness (QED) is 0.772. The SMILES string of the molecule is Cc1cc(N2CCC(C)CC2)c(F)cc1C(=O)c1ccccc1. The van der Waals surface area contributed by atoms with Crippen LogP contribution in [0.1, 0.15) is 41.3 Å². The molecule has 3 heteroatoms. The molecule has 0 aliphatic carbocycles. The van der Waals surface area contributed by atoms with Crippen molar-refractivity contribution in [2.24, 2.45) is 5.92 Å². The van der Waals surface area contributed by atoms with Gasteiger partial charge in [-0.1, -0.05) is 37.3 Å². The number of ketones is 1. The molecule has 1 aliphatic heterocycles. The van der Waals surface area contributed by atoms with Crippen LogP contribution in [0.15, 0.2) is 42.5 Å². The highest BCUT2D eigenvalue weighted by atomic mass is 19.1. The van der Waals surface area contributed by atoms with Crippen LogP contribution in [0.5, 0.6) is 0 Å². The van der Waals surface area contributed by atoms with Gasteiger partial charge in [0, 0.05) is 24.2 Å². The fourth-order valence-electron chi connectivity index (χ4n) is 3.15. The van der Waals surface area contributed by atoms with Crippen molar-refractivity contribution < 1.29 is 9.18 Å². The summed E-state index contributed by atoms with van der Waals surface area (Å²) in [4.78, 5) is 14.7. The highest BCUT2D eigenvalue weighted by Gasteiger charge is 2.21. The van der Waals surface area contributed by atoms with Crippen LogP contribution in [0.4, 0.5) is 10.1 Å². The molecule has 0 aromatic heterocycles. The third-order valence-electron chi connectivity index (χ3n) is 4.70. The van der Waals surface area contributed by atoms with Crippen LogP contribution in [0.3, 0.4) is 0 Å². The van der Waals surface area contributed by atoms with Crippen LogP contribution in [-0.4, -0.2) is 18.9 Å². The Balaban J connectivity index is 1.90. The van der Waals surface area contributed by atoms with Crippen molar-refractivity contribution in [3.63, 3.8) is 0 Å². The monoisotopic (exact) mass is 311 g/mol. The highest BCUT2D eigenvalue weighted by Crippen LogP contribution is 2.28. The molecule has 0 spiro atoms. The maximum Gasteiger partial charge on any atom is 0.193 e. The van der Waals surface area contributed by atoms with E-state index in [9.17, 15) is 9.18 Å². The first-order valence-electron chi connectivity index (χ1n) is 8.21. The van der Waals surface area contributed by atoms with Gasteiger partial charge in [-0.25, -0.2) is 4.39 Å². The number of carbonyl (C=O) groups excluding carboxylic acids is 1. The molecule has 0 bridgehead atoms. The summed E-state index contributed by atoms with van der Waals surface area (Å²) in [6, 6.07) is 12.3. The molecule has 2 aromatic carbocycles. The molecule has 0 saturated carbocycles. The molecule has 0 unspecified atom stereocenters. The zero-order valence-corrected chi connectivity index (χ0v) is 13.7. The van der Waals surface area contributed by atoms with E-state index in [4.69, 9.17) is 0 Å². The second-order valence-corrected chi connectivity index (χ2v) is 6.48. The third-order valence-corrected chi connectivity index (χ3v) is 4.70. The second-order valence-electron chi connectivity index (χ2n) is 6.48. The van der Waals surface area contributed by atoms with Crippen molar-refractivity contribution in [2.45, 2.75) is 26.7 Å². The summed E-state index contributed by atoms with van der Waals surface area (Å²) in [5.74, 6) is 0.277. The van der Waals surface area contributed by atoms with E-state index in [0.29, 0.717) is 22.7 Å². The Morgan fingerprint density at radius 3 is 2.43 bits per heavy atom. The molecular weight excluding hydrogens is 289 g/mol. The van der Waals surface area contributed by atoms with Gasteiger partial charge < -0.3 is 4.90 Å². The molecule has 1 fully saturated rings. The molecule has 0 atom stereocenters. The molecular formula is C20H22FNO. The Morgan fingerprint density at radius 2 is 1.78 bits per heavy atom. The van der Waals surface area contributed by atoms with Crippen molar-refractivity contribution in [2.75, 3.05) is 18.0 Å². The molecule has 1 saturated heterocycles. The van der Waals surface area contributed by atoms with Crippen LogP contribution >= 0.6 is 0 Å². The molecule has 23 heavy (non-hydrogen) atoms. The molecule has 1 aliphatic rings. The van der Waals surface area contributed by atoms with E-state index >= 15 is 0 Å². The fourth-order valence-corrected chi connectivity index (χ4v) is 3.15. The summed E-state index contributed by atoms with van der Waals surface area (Å²) in [6.07, 6.45) is 2.17. The maximum atomic E-state index is 14.6. The topological polar surface area (TPSA) is 20.3 Å². The highest BCUT2D eigenvalue weighted by molar-refractivity contribution is 6.10. The van der Waals surface area contributed by atoms with Crippen LogP contribution in [0.2, 0.25) is 0 Å². The number of aryl methyl sites for hydroxylation is 1. The van der Waals surface area contributed by atoms with E-state index in [2.05, 4.69) is 11.8 Å². The molecule has 2 nitrogen and oxygen atoms in total. The van der Waals surface area contributed by atoms with Crippen molar-refractivity contribution in [1.29, 1.82) is 0 Å². The molecule has 2 aromatic rings. The van der Waals surface area contributed by atoms with Crippen LogP contribution in [0, 0.1) is 18.7 Å². The van der Waals surface area contributed by atoms with Crippen LogP contribution < -0.4 is 4.90 Å². The molecule has 3 rings (SSSR count). The summed E-state index contributed by atoms with van der Waals surface area (Å²) >= 11 is 0. The summed E-state index contributed by atoms with van der Waals surface area (Å²) in [5, 5.41) is 0. The van der Waals surface area contributed by atoms with Gasteiger partial charge in [-0.2, -0.15) is 0 Å². The Bertz CT molecular complexity index is 703. The van der Waals surface area contributed by atoms with E-state index in [1.54, 1.807) is 12.1 Å². The Kier molecular flexibility index (Phi) is 4.46. The zero-order valence-electron chi connectivity index (χ0n) is 13.7. The van der Waals surface area contributed by atoms with E-state index in [1.165, 1.54) is 6.07 Å². The van der Waals surface area contributed by atoms with Crippen molar-refractivity contribution >= 4 is 11.5 Å². The molecule has 1 heterocycles. The summed E-state index contributed by atoms with van der Waals surface area (Å²) in [7, 11) is 0. The first kappa shape index (κ1) is 15.7. The first-order valence-corrected chi connectivity index (χ1v) is 8.21. The van der Waals surface area contributed by atoms with E-state index < -0.39 is 0 Å². The van der Waals surface area contributed by atoms with Gasteiger partial charge in [0.05, 0.1) is 5.69 Å². The van der Waals surface area contributed by atoms with Gasteiger partial charge in [0.25, 0.3) is 0 Å². The number of anilines is 1. The first-order chi connectivity index (χ1) is 11.1. The van der Waals surface area contributed by atoms with E-state index in [1.807, 2.05) is 31.2 Å². The zero-order chi connectivity index (χ0) is 16.4. The largest absolute Gasteiger partial charge is 0.369 e. The van der Waals surface area contributed by atoms with Crippen LogP contribution in [0.25, 0.3) is 0 Å². The number of piperidine rings is 1. The lowest BCUT2D eigenvalue weighted by Crippen LogP contribution is -2.33. The Hall–Kier alpha value is -2.16. The lowest BCUT2D eigenvalue weighted by molar-refractivity contribution is 0.103. The summed E-state index contributed by atoms with van der Waals surface area (Å²) < 4.78 is 14.6. The second kappa shape index (κ2) is 6.53. The minimum atomic E-state index is -0.301. The standard InChI is InChI=1S/C20H22FNO/c1-14-8-10-22(11-9-14)19-12-15(2)17(13-18(19)21)20(23)16-6-4-3-5-7-16/h3-7,12-14H,8-11H2,1-2H3. The predicted octanol–water partition coefficient (Wildman–Crippen LogP) is 4.60. The molecule has 0 N–H and O–H groups in total. The third kappa shape index (κ3) is 3.29. The number of hydrogen-bond donors (Lipinski definition) is 0. The lowest BCUT2D eigenvalue weighted by atomic mass is 9.96. The number of nitrogens with zero attached hydrogens (tertiary/aromatic N) is 1. The van der Waals surface area contributed by atoms with Crippen molar-refractivity contribution in [3.8, 4) is 0 Å². The molecule has 120 valence electrons. The number of halogens is 1. The van der Waals surface area contributed by atoms with Crippen molar-refractivity contribution in [1.82, 2.24) is 0 Å². The molecule has 0 amide bonds. The fraction of sp³-hybridized carbons (Fsp3) is 0.350. The van der Waals surface area contributed by atoms with E-state index in [-0.39, 0.29) is 11.6 Å².